The third kappa shape index (κ3) is 41.7. The number of nitrogens with two attached hydrogens (primary N) is 1. The lowest BCUT2D eigenvalue weighted by molar-refractivity contribution is -0.306. The first-order chi connectivity index (χ1) is 6.33. The molecule has 3 N–H and O–H groups in total. The van der Waals surface area contributed by atoms with Gasteiger partial charge in [-0.2, -0.15) is 0 Å². The third-order valence-corrected chi connectivity index (χ3v) is 0.770. The second-order valence-electron chi connectivity index (χ2n) is 3.44. The van der Waals surface area contributed by atoms with Crippen molar-refractivity contribution in [3.63, 3.8) is 0 Å². The van der Waals surface area contributed by atoms with Gasteiger partial charge in [-0.05, 0) is 34.2 Å². The molecule has 0 aromatic rings. The maximum Gasteiger partial charge on any atom is 0.131 e. The Balaban J connectivity index is -0.0000000653. The summed E-state index contributed by atoms with van der Waals surface area (Å²) in [6.07, 6.45) is 0.514. The minimum atomic E-state index is -0.403. The summed E-state index contributed by atoms with van der Waals surface area (Å²) in [7, 11) is 0. The number of rotatable bonds is 2. The van der Waals surface area contributed by atoms with E-state index >= 15 is 0 Å². The molecule has 0 rings (SSSR count). The minimum absolute atomic E-state index is 0. The van der Waals surface area contributed by atoms with Gasteiger partial charge in [0.2, 0.25) is 0 Å². The van der Waals surface area contributed by atoms with Crippen molar-refractivity contribution in [2.45, 2.75) is 53.6 Å². The van der Waals surface area contributed by atoms with E-state index in [4.69, 9.17) is 11.0 Å². The van der Waals surface area contributed by atoms with Crippen LogP contribution in [0.5, 0.6) is 0 Å². The van der Waals surface area contributed by atoms with Crippen LogP contribution in [0.1, 0.15) is 49.4 Å². The molecule has 4 heteroatoms. The molecule has 0 saturated heterocycles. The number of ketones is 1. The largest absolute Gasteiger partial charge is 0.330 e. The highest BCUT2D eigenvalue weighted by Crippen LogP contribution is 2.01. The lowest BCUT2D eigenvalue weighted by Gasteiger charge is -2.10. The molecule has 0 heterocycles. The van der Waals surface area contributed by atoms with Crippen LogP contribution < -0.4 is 5.73 Å². The molecule has 0 unspecified atom stereocenters. The first-order valence-electron chi connectivity index (χ1n) is 4.85. The number of Topliss-reactive ketones (excluding diaryl/α,β-unsaturated/α-hetero) is 1. The van der Waals surface area contributed by atoms with Gasteiger partial charge in [0.1, 0.15) is 5.78 Å². The lowest BCUT2D eigenvalue weighted by atomic mass is 10.2. The quantitative estimate of drug-likeness (QED) is 0.541. The Bertz CT molecular complexity index is 124. The summed E-state index contributed by atoms with van der Waals surface area (Å²) in [4.78, 5) is 13.9. The first-order valence-corrected chi connectivity index (χ1v) is 4.85. The Labute approximate surface area is 88.9 Å². The molecule has 90 valence electrons. The smallest absolute Gasteiger partial charge is 0.131 e. The van der Waals surface area contributed by atoms with Crippen LogP contribution in [0.3, 0.4) is 0 Å². The maximum atomic E-state index is 9.96. The van der Waals surface area contributed by atoms with E-state index in [1.54, 1.807) is 20.8 Å². The summed E-state index contributed by atoms with van der Waals surface area (Å²) in [5, 5.41) is 7.90. The molecule has 0 aromatic carbocycles. The summed E-state index contributed by atoms with van der Waals surface area (Å²) in [6, 6.07) is 0. The summed E-state index contributed by atoms with van der Waals surface area (Å²) >= 11 is 0. The Kier molecular flexibility index (Phi) is 17.2. The van der Waals surface area contributed by atoms with Gasteiger partial charge >= 0.3 is 0 Å². The second-order valence-corrected chi connectivity index (χ2v) is 3.44. The maximum absolute atomic E-state index is 9.96. The highest BCUT2D eigenvalue weighted by molar-refractivity contribution is 5.75. The number of hydrogen-bond acceptors (Lipinski definition) is 4. The van der Waals surface area contributed by atoms with Crippen LogP contribution in [0.4, 0.5) is 0 Å². The molecule has 0 aromatic heterocycles. The Morgan fingerprint density at radius 3 is 1.71 bits per heavy atom. The SMILES string of the molecule is CC.CC(=O)CCN.CC(C)(C)OO.[HH]. The van der Waals surface area contributed by atoms with Crippen molar-refractivity contribution >= 4 is 5.78 Å². The van der Waals surface area contributed by atoms with Gasteiger partial charge in [0.25, 0.3) is 0 Å². The number of carbonyl (C=O) groups excluding carboxylic acids is 1. The molecule has 0 spiro atoms. The van der Waals surface area contributed by atoms with Crippen LogP contribution in [0.2, 0.25) is 0 Å². The molecular formula is C10H27NO3. The van der Waals surface area contributed by atoms with Crippen LogP contribution in [-0.4, -0.2) is 23.2 Å². The molecule has 0 amide bonds. The van der Waals surface area contributed by atoms with Crippen molar-refractivity contribution in [3.05, 3.63) is 0 Å². The molecule has 0 radical (unpaired) electrons. The zero-order valence-electron chi connectivity index (χ0n) is 10.3. The van der Waals surface area contributed by atoms with Crippen LogP contribution in [0.15, 0.2) is 0 Å². The van der Waals surface area contributed by atoms with Gasteiger partial charge in [-0.1, -0.05) is 13.8 Å². The Morgan fingerprint density at radius 2 is 1.71 bits per heavy atom. The molecule has 0 atom stereocenters. The molecule has 0 bridgehead atoms. The van der Waals surface area contributed by atoms with Crippen molar-refractivity contribution < 1.29 is 16.4 Å². The predicted molar refractivity (Wildman–Crippen MR) is 61.3 cm³/mol. The molecule has 4 nitrogen and oxygen atoms in total. The van der Waals surface area contributed by atoms with E-state index in [2.05, 4.69) is 4.89 Å². The van der Waals surface area contributed by atoms with Gasteiger partial charge in [0.05, 0.1) is 5.60 Å². The van der Waals surface area contributed by atoms with E-state index in [1.807, 2.05) is 13.8 Å². The average Bonchev–Trinajstić information content (AvgIpc) is 2.07. The van der Waals surface area contributed by atoms with Gasteiger partial charge in [0.15, 0.2) is 0 Å². The Hall–Kier alpha value is -0.450. The zero-order chi connectivity index (χ0) is 12.2. The van der Waals surface area contributed by atoms with E-state index < -0.39 is 5.60 Å². The molecular weight excluding hydrogens is 182 g/mol. The average molecular weight is 209 g/mol. The lowest BCUT2D eigenvalue weighted by Crippen LogP contribution is -2.15. The van der Waals surface area contributed by atoms with Crippen molar-refractivity contribution in [1.29, 1.82) is 0 Å². The van der Waals surface area contributed by atoms with Crippen molar-refractivity contribution in [1.82, 2.24) is 0 Å². The molecule has 0 saturated carbocycles. The van der Waals surface area contributed by atoms with Crippen LogP contribution >= 0.6 is 0 Å². The van der Waals surface area contributed by atoms with E-state index in [9.17, 15) is 4.79 Å². The summed E-state index contributed by atoms with van der Waals surface area (Å²) in [6.45, 7) is 11.3. The van der Waals surface area contributed by atoms with Crippen molar-refractivity contribution in [2.75, 3.05) is 6.54 Å². The normalized spacial score (nSPS) is 9.14. The van der Waals surface area contributed by atoms with Crippen molar-refractivity contribution in [3.8, 4) is 0 Å². The first kappa shape index (κ1) is 19.2. The van der Waals surface area contributed by atoms with Gasteiger partial charge in [-0.15, -0.1) is 0 Å². The van der Waals surface area contributed by atoms with Gasteiger partial charge in [-0.25, -0.2) is 4.89 Å². The number of carbonyl (C=O) groups is 1. The van der Waals surface area contributed by atoms with E-state index in [0.29, 0.717) is 13.0 Å². The fourth-order valence-corrected chi connectivity index (χ4v) is 0.203. The Morgan fingerprint density at radius 1 is 1.43 bits per heavy atom. The monoisotopic (exact) mass is 209 g/mol. The van der Waals surface area contributed by atoms with Gasteiger partial charge < -0.3 is 5.73 Å². The summed E-state index contributed by atoms with van der Waals surface area (Å²) < 4.78 is 0. The highest BCUT2D eigenvalue weighted by atomic mass is 17.1. The van der Waals surface area contributed by atoms with Crippen LogP contribution in [0.25, 0.3) is 0 Å². The van der Waals surface area contributed by atoms with E-state index in [-0.39, 0.29) is 7.21 Å². The van der Waals surface area contributed by atoms with Crippen LogP contribution in [-0.2, 0) is 9.68 Å². The second kappa shape index (κ2) is 12.6. The fourth-order valence-electron chi connectivity index (χ4n) is 0.203. The highest BCUT2D eigenvalue weighted by Gasteiger charge is 2.06. The predicted octanol–water partition coefficient (Wildman–Crippen LogP) is 2.47. The van der Waals surface area contributed by atoms with Gasteiger partial charge in [-0.3, -0.25) is 10.1 Å². The van der Waals surface area contributed by atoms with E-state index in [1.165, 1.54) is 6.92 Å². The molecule has 14 heavy (non-hydrogen) atoms. The topological polar surface area (TPSA) is 72.6 Å². The van der Waals surface area contributed by atoms with E-state index in [0.717, 1.165) is 0 Å². The zero-order valence-corrected chi connectivity index (χ0v) is 10.3. The molecule has 0 aliphatic carbocycles. The molecule has 0 aliphatic rings. The summed E-state index contributed by atoms with van der Waals surface area (Å²) in [5.74, 6) is 0.164. The molecule has 0 aliphatic heterocycles. The van der Waals surface area contributed by atoms with Crippen LogP contribution in [0, 0.1) is 0 Å². The van der Waals surface area contributed by atoms with Gasteiger partial charge in [0, 0.05) is 7.85 Å². The summed E-state index contributed by atoms with van der Waals surface area (Å²) in [5.41, 5.74) is 4.61. The standard InChI is InChI=1S/C4H9NO.C4H10O2.C2H6.H2/c1-4(6)2-3-5;1-4(2,3)6-5;1-2;/h2-3,5H2,1H3;5H,1-3H3;1-2H3;1H. The van der Waals surface area contributed by atoms with Crippen molar-refractivity contribution in [2.24, 2.45) is 5.73 Å². The third-order valence-electron chi connectivity index (χ3n) is 0.770. The molecule has 0 fully saturated rings. The minimum Gasteiger partial charge on any atom is -0.330 e. The number of hydrogen-bond donors (Lipinski definition) is 2. The fraction of sp³-hybridized carbons (Fsp3) is 0.900.